The van der Waals surface area contributed by atoms with Gasteiger partial charge in [0.15, 0.2) is 0 Å². The van der Waals surface area contributed by atoms with Crippen LogP contribution in [0.5, 0.6) is 0 Å². The molecular formula is C36H65N3O6. The SMILES string of the molecule is CN1C(C)(C)CC(OC(=O)CC(CC(=O)OC2CC(C)(C)N(C)C(C)(C)C2)C(=O)OC2CC(C)(C)N(C)C(C)(C)C2)CC1(C)C. The van der Waals surface area contributed by atoms with Gasteiger partial charge in [0, 0.05) is 71.8 Å². The summed E-state index contributed by atoms with van der Waals surface area (Å²) in [5.74, 6) is -2.46. The van der Waals surface area contributed by atoms with E-state index < -0.39 is 23.8 Å². The van der Waals surface area contributed by atoms with E-state index in [1.165, 1.54) is 0 Å². The molecule has 0 atom stereocenters. The van der Waals surface area contributed by atoms with Gasteiger partial charge in [0.05, 0.1) is 18.8 Å². The van der Waals surface area contributed by atoms with Crippen LogP contribution in [-0.4, -0.2) is 105 Å². The highest BCUT2D eigenvalue weighted by Crippen LogP contribution is 2.41. The number of carbonyl (C=O) groups excluding carboxylic acids is 3. The van der Waals surface area contributed by atoms with Crippen LogP contribution in [0.25, 0.3) is 0 Å². The van der Waals surface area contributed by atoms with Crippen molar-refractivity contribution in [1.29, 1.82) is 0 Å². The third-order valence-electron chi connectivity index (χ3n) is 11.8. The number of rotatable bonds is 8. The first-order valence-electron chi connectivity index (χ1n) is 17.0. The van der Waals surface area contributed by atoms with E-state index in [0.717, 1.165) is 0 Å². The van der Waals surface area contributed by atoms with Crippen LogP contribution in [0.4, 0.5) is 0 Å². The molecule has 3 heterocycles. The quantitative estimate of drug-likeness (QED) is 0.237. The zero-order valence-corrected chi connectivity index (χ0v) is 31.3. The van der Waals surface area contributed by atoms with Crippen molar-refractivity contribution in [3.63, 3.8) is 0 Å². The molecule has 0 spiro atoms. The highest BCUT2D eigenvalue weighted by atomic mass is 16.6. The molecule has 3 aliphatic rings. The topological polar surface area (TPSA) is 88.6 Å². The first-order chi connectivity index (χ1) is 20.2. The minimum absolute atomic E-state index is 0.155. The van der Waals surface area contributed by atoms with Gasteiger partial charge in [-0.1, -0.05) is 0 Å². The minimum atomic E-state index is -0.976. The zero-order chi connectivity index (χ0) is 34.6. The maximum Gasteiger partial charge on any atom is 0.310 e. The molecule has 0 aliphatic carbocycles. The van der Waals surface area contributed by atoms with Crippen molar-refractivity contribution >= 4 is 17.9 Å². The highest BCUT2D eigenvalue weighted by molar-refractivity contribution is 5.84. The minimum Gasteiger partial charge on any atom is -0.462 e. The number of hydrogen-bond donors (Lipinski definition) is 0. The van der Waals surface area contributed by atoms with Crippen molar-refractivity contribution < 1.29 is 28.6 Å². The average Bonchev–Trinajstić information content (AvgIpc) is 2.82. The van der Waals surface area contributed by atoms with Crippen LogP contribution in [-0.2, 0) is 28.6 Å². The fraction of sp³-hybridized carbons (Fsp3) is 0.917. The molecule has 0 amide bonds. The van der Waals surface area contributed by atoms with Crippen molar-refractivity contribution in [2.45, 2.75) is 186 Å². The Morgan fingerprint density at radius 3 is 0.956 bits per heavy atom. The summed E-state index contributed by atoms with van der Waals surface area (Å²) in [4.78, 5) is 47.7. The summed E-state index contributed by atoms with van der Waals surface area (Å²) in [7, 11) is 6.31. The Morgan fingerprint density at radius 2 is 0.711 bits per heavy atom. The second-order valence-electron chi connectivity index (χ2n) is 18.2. The van der Waals surface area contributed by atoms with Gasteiger partial charge in [-0.2, -0.15) is 0 Å². The van der Waals surface area contributed by atoms with E-state index in [1.54, 1.807) is 0 Å². The smallest absolute Gasteiger partial charge is 0.310 e. The maximum atomic E-state index is 13.8. The van der Waals surface area contributed by atoms with E-state index in [-0.39, 0.29) is 64.4 Å². The van der Waals surface area contributed by atoms with Gasteiger partial charge in [-0.15, -0.1) is 0 Å². The van der Waals surface area contributed by atoms with Gasteiger partial charge in [0.1, 0.15) is 18.3 Å². The van der Waals surface area contributed by atoms with Gasteiger partial charge >= 0.3 is 17.9 Å². The monoisotopic (exact) mass is 635 g/mol. The molecule has 3 aliphatic heterocycles. The van der Waals surface area contributed by atoms with Gasteiger partial charge in [0.2, 0.25) is 0 Å². The molecule has 3 rings (SSSR count). The number of ether oxygens (including phenoxy) is 3. The number of likely N-dealkylation sites (tertiary alicyclic amines) is 3. The Hall–Kier alpha value is -1.71. The van der Waals surface area contributed by atoms with Crippen LogP contribution in [0.2, 0.25) is 0 Å². The van der Waals surface area contributed by atoms with Crippen molar-refractivity contribution in [2.24, 2.45) is 5.92 Å². The van der Waals surface area contributed by atoms with Gasteiger partial charge in [-0.05, 0) is 104 Å². The van der Waals surface area contributed by atoms with Gasteiger partial charge < -0.3 is 14.2 Å². The Labute approximate surface area is 274 Å². The van der Waals surface area contributed by atoms with Crippen LogP contribution < -0.4 is 0 Å². The molecule has 3 saturated heterocycles. The second-order valence-corrected chi connectivity index (χ2v) is 18.2. The largest absolute Gasteiger partial charge is 0.462 e. The van der Waals surface area contributed by atoms with Crippen LogP contribution in [0.15, 0.2) is 0 Å². The van der Waals surface area contributed by atoms with E-state index in [9.17, 15) is 14.4 Å². The summed E-state index contributed by atoms with van der Waals surface area (Å²) in [6.07, 6.45) is 2.79. The highest BCUT2D eigenvalue weighted by Gasteiger charge is 2.48. The number of piperidine rings is 3. The average molecular weight is 636 g/mol. The standard InChI is InChI=1S/C36H65N3O6/c1-31(2)18-25(19-32(3,4)37(31)13)43-28(40)16-24(30(42)45-27-22-35(9,10)39(15)36(11,12)23-27)17-29(41)44-26-20-33(5,6)38(14)34(7,8)21-26/h24-27H,16-23H2,1-15H3. The van der Waals surface area contributed by atoms with E-state index in [0.29, 0.717) is 38.5 Å². The van der Waals surface area contributed by atoms with Gasteiger partial charge in [0.25, 0.3) is 0 Å². The summed E-state index contributed by atoms with van der Waals surface area (Å²) in [6.45, 7) is 25.8. The van der Waals surface area contributed by atoms with Crippen molar-refractivity contribution in [2.75, 3.05) is 21.1 Å². The van der Waals surface area contributed by atoms with Gasteiger partial charge in [-0.3, -0.25) is 29.1 Å². The third kappa shape index (κ3) is 8.81. The molecule has 0 N–H and O–H groups in total. The molecular weight excluding hydrogens is 570 g/mol. The molecule has 0 radical (unpaired) electrons. The number of carbonyl (C=O) groups is 3. The first kappa shape index (κ1) is 37.7. The molecule has 0 bridgehead atoms. The van der Waals surface area contributed by atoms with Crippen LogP contribution >= 0.6 is 0 Å². The summed E-state index contributed by atoms with van der Waals surface area (Å²) in [5.41, 5.74) is -0.976. The molecule has 3 fully saturated rings. The Morgan fingerprint density at radius 1 is 0.489 bits per heavy atom. The van der Waals surface area contributed by atoms with Crippen molar-refractivity contribution in [1.82, 2.24) is 14.7 Å². The normalized spacial score (nSPS) is 27.2. The van der Waals surface area contributed by atoms with Gasteiger partial charge in [-0.25, -0.2) is 0 Å². The van der Waals surface area contributed by atoms with Crippen molar-refractivity contribution in [3.8, 4) is 0 Å². The number of esters is 3. The van der Waals surface area contributed by atoms with E-state index in [2.05, 4.69) is 119 Å². The molecule has 0 aromatic heterocycles. The van der Waals surface area contributed by atoms with E-state index >= 15 is 0 Å². The van der Waals surface area contributed by atoms with E-state index in [4.69, 9.17) is 14.2 Å². The van der Waals surface area contributed by atoms with Crippen molar-refractivity contribution in [3.05, 3.63) is 0 Å². The van der Waals surface area contributed by atoms with Crippen LogP contribution in [0.3, 0.4) is 0 Å². The fourth-order valence-electron chi connectivity index (χ4n) is 8.46. The van der Waals surface area contributed by atoms with Crippen LogP contribution in [0.1, 0.15) is 134 Å². The molecule has 0 saturated carbocycles. The Kier molecular flexibility index (Phi) is 10.7. The molecule has 260 valence electrons. The lowest BCUT2D eigenvalue weighted by Gasteiger charge is -2.53. The molecule has 45 heavy (non-hydrogen) atoms. The predicted octanol–water partition coefficient (Wildman–Crippen LogP) is 5.97. The lowest BCUT2D eigenvalue weighted by atomic mass is 9.78. The van der Waals surface area contributed by atoms with Crippen LogP contribution in [0, 0.1) is 5.92 Å². The zero-order valence-electron chi connectivity index (χ0n) is 31.3. The fourth-order valence-corrected chi connectivity index (χ4v) is 8.46. The second kappa shape index (κ2) is 12.7. The predicted molar refractivity (Wildman–Crippen MR) is 178 cm³/mol. The summed E-state index contributed by atoms with van der Waals surface area (Å²) in [5, 5.41) is 0. The third-order valence-corrected chi connectivity index (χ3v) is 11.8. The first-order valence-corrected chi connectivity index (χ1v) is 17.0. The molecule has 9 heteroatoms. The lowest BCUT2D eigenvalue weighted by Crippen LogP contribution is -2.60. The molecule has 0 unspecified atom stereocenters. The molecule has 0 aromatic rings. The Bertz CT molecular complexity index is 998. The van der Waals surface area contributed by atoms with E-state index in [1.807, 2.05) is 0 Å². The molecule has 9 nitrogen and oxygen atoms in total. The Balaban J connectivity index is 1.76. The molecule has 0 aromatic carbocycles. The number of nitrogens with zero attached hydrogens (tertiary/aromatic N) is 3. The lowest BCUT2D eigenvalue weighted by molar-refractivity contribution is -0.174. The summed E-state index contributed by atoms with van der Waals surface area (Å²) in [6, 6.07) is 0. The summed E-state index contributed by atoms with van der Waals surface area (Å²) < 4.78 is 18.2. The number of hydrogen-bond acceptors (Lipinski definition) is 9. The summed E-state index contributed by atoms with van der Waals surface area (Å²) >= 11 is 0. The maximum absolute atomic E-state index is 13.8.